The highest BCUT2D eigenvalue weighted by Gasteiger charge is 2.03. The summed E-state index contributed by atoms with van der Waals surface area (Å²) >= 11 is 0. The van der Waals surface area contributed by atoms with Gasteiger partial charge in [-0.2, -0.15) is 0 Å². The third kappa shape index (κ3) is 4.25. The minimum Gasteiger partial charge on any atom is -0.318 e. The summed E-state index contributed by atoms with van der Waals surface area (Å²) in [4.78, 5) is 25.2. The summed E-state index contributed by atoms with van der Waals surface area (Å²) in [5.74, 6) is -0.689. The van der Waals surface area contributed by atoms with Crippen LogP contribution >= 0.6 is 0 Å². The Labute approximate surface area is 65.2 Å². The molecule has 0 aromatic carbocycles. The van der Waals surface area contributed by atoms with Crippen molar-refractivity contribution in [1.82, 2.24) is 0 Å². The first-order valence-electron chi connectivity index (χ1n) is 3.33. The van der Waals surface area contributed by atoms with Crippen molar-refractivity contribution in [3.05, 3.63) is 0 Å². The predicted octanol–water partition coefficient (Wildman–Crippen LogP) is 0.905. The molecule has 4 heteroatoms. The van der Waals surface area contributed by atoms with E-state index in [0.717, 1.165) is 0 Å². The second-order valence-corrected chi connectivity index (χ2v) is 2.03. The van der Waals surface area contributed by atoms with E-state index in [-0.39, 0.29) is 11.5 Å². The number of hydrogen-bond donors (Lipinski definition) is 0. The highest BCUT2D eigenvalue weighted by atomic mass is 16.7. The summed E-state index contributed by atoms with van der Waals surface area (Å²) in [6.07, 6.45) is 0.475. The molecule has 0 aliphatic carbocycles. The first-order chi connectivity index (χ1) is 5.07. The Morgan fingerprint density at radius 2 is 1.91 bits per heavy atom. The maximum atomic E-state index is 10.7. The molecule has 0 spiro atoms. The van der Waals surface area contributed by atoms with Crippen LogP contribution in [0.25, 0.3) is 0 Å². The molecule has 0 radical (unpaired) electrons. The van der Waals surface area contributed by atoms with Crippen LogP contribution in [0.4, 0.5) is 0 Å². The quantitative estimate of drug-likeness (QED) is 0.347. The van der Waals surface area contributed by atoms with E-state index < -0.39 is 5.97 Å². The fourth-order valence-corrected chi connectivity index (χ4v) is 0.497. The summed E-state index contributed by atoms with van der Waals surface area (Å²) in [5, 5.41) is 3.36. The van der Waals surface area contributed by atoms with Gasteiger partial charge in [-0.15, -0.1) is 0 Å². The maximum Gasteiger partial charge on any atom is 0.331 e. The molecule has 0 fully saturated rings. The molecule has 4 nitrogen and oxygen atoms in total. The number of hydrogen-bond acceptors (Lipinski definition) is 4. The Bertz CT molecular complexity index is 196. The molecule has 0 bridgehead atoms. The molecule has 0 rings (SSSR count). The van der Waals surface area contributed by atoms with E-state index in [9.17, 15) is 9.59 Å². The number of oxime groups is 1. The van der Waals surface area contributed by atoms with Crippen molar-refractivity contribution in [3.63, 3.8) is 0 Å². The normalized spacial score (nSPS) is 11.0. The zero-order valence-corrected chi connectivity index (χ0v) is 6.88. The van der Waals surface area contributed by atoms with Gasteiger partial charge in [0.25, 0.3) is 0 Å². The number of carbonyl (C=O) groups excluding carboxylic acids is 2. The Balaban J connectivity index is 4.13. The maximum absolute atomic E-state index is 10.7. The minimum atomic E-state index is -0.516. The fraction of sp³-hybridized carbons (Fsp3) is 0.571. The van der Waals surface area contributed by atoms with Gasteiger partial charge in [0.05, 0.1) is 0 Å². The zero-order valence-electron chi connectivity index (χ0n) is 6.88. The number of ketones is 1. The average Bonchev–Trinajstić information content (AvgIpc) is 1.87. The van der Waals surface area contributed by atoms with Gasteiger partial charge in [0, 0.05) is 13.8 Å². The molecule has 0 aliphatic heterocycles. The molecule has 0 aromatic heterocycles. The molecule has 0 aliphatic rings. The number of nitrogens with zero attached hydrogens (tertiary/aromatic N) is 1. The van der Waals surface area contributed by atoms with E-state index in [1.807, 2.05) is 0 Å². The Morgan fingerprint density at radius 1 is 1.36 bits per heavy atom. The van der Waals surface area contributed by atoms with Gasteiger partial charge < -0.3 is 4.84 Å². The van der Waals surface area contributed by atoms with E-state index in [0.29, 0.717) is 6.42 Å². The third-order valence-corrected chi connectivity index (χ3v) is 1.03. The first-order valence-corrected chi connectivity index (χ1v) is 3.33. The number of carbonyl (C=O) groups is 2. The van der Waals surface area contributed by atoms with Crippen LogP contribution in [0.5, 0.6) is 0 Å². The van der Waals surface area contributed by atoms with Crippen LogP contribution in [0.2, 0.25) is 0 Å². The summed E-state index contributed by atoms with van der Waals surface area (Å²) in [7, 11) is 0. The highest BCUT2D eigenvalue weighted by molar-refractivity contribution is 6.38. The molecule has 0 unspecified atom stereocenters. The average molecular weight is 157 g/mol. The molecule has 0 atom stereocenters. The highest BCUT2D eigenvalue weighted by Crippen LogP contribution is 1.89. The Hall–Kier alpha value is -1.19. The lowest BCUT2D eigenvalue weighted by atomic mass is 10.2. The van der Waals surface area contributed by atoms with E-state index in [1.165, 1.54) is 13.8 Å². The topological polar surface area (TPSA) is 55.7 Å². The van der Waals surface area contributed by atoms with Crippen LogP contribution in [0.1, 0.15) is 27.2 Å². The van der Waals surface area contributed by atoms with Crippen molar-refractivity contribution in [2.24, 2.45) is 5.16 Å². The Morgan fingerprint density at radius 3 is 2.18 bits per heavy atom. The molecular formula is C7H11NO3. The van der Waals surface area contributed by atoms with Crippen LogP contribution < -0.4 is 0 Å². The van der Waals surface area contributed by atoms with Crippen LogP contribution in [0, 0.1) is 0 Å². The lowest BCUT2D eigenvalue weighted by Crippen LogP contribution is -2.09. The van der Waals surface area contributed by atoms with Gasteiger partial charge in [0.2, 0.25) is 0 Å². The monoisotopic (exact) mass is 157 g/mol. The molecule has 0 aromatic rings. The zero-order chi connectivity index (χ0) is 8.85. The lowest BCUT2D eigenvalue weighted by Gasteiger charge is -1.95. The molecular weight excluding hydrogens is 146 g/mol. The summed E-state index contributed by atoms with van der Waals surface area (Å²) in [6.45, 7) is 4.38. The largest absolute Gasteiger partial charge is 0.331 e. The van der Waals surface area contributed by atoms with Crippen molar-refractivity contribution in [3.8, 4) is 0 Å². The van der Waals surface area contributed by atoms with Gasteiger partial charge in [-0.05, 0) is 6.42 Å². The molecule has 0 amide bonds. The molecule has 0 saturated carbocycles. The SMILES string of the molecule is CCC(=NOC(C)=O)C(C)=O. The summed E-state index contributed by atoms with van der Waals surface area (Å²) < 4.78 is 0. The second kappa shape index (κ2) is 4.60. The van der Waals surface area contributed by atoms with Crippen LogP contribution in [0.15, 0.2) is 5.16 Å². The van der Waals surface area contributed by atoms with Gasteiger partial charge >= 0.3 is 5.97 Å². The standard InChI is InChI=1S/C7H11NO3/c1-4-7(5(2)9)8-11-6(3)10/h4H2,1-3H3. The number of rotatable bonds is 3. The molecule has 11 heavy (non-hydrogen) atoms. The second-order valence-electron chi connectivity index (χ2n) is 2.03. The molecule has 0 N–H and O–H groups in total. The Kier molecular flexibility index (Phi) is 4.10. The fourth-order valence-electron chi connectivity index (χ4n) is 0.497. The van der Waals surface area contributed by atoms with Crippen LogP contribution in [-0.2, 0) is 14.4 Å². The van der Waals surface area contributed by atoms with Crippen molar-refractivity contribution in [2.45, 2.75) is 27.2 Å². The number of Topliss-reactive ketones (excluding diaryl/α,β-unsaturated/α-hetero) is 1. The summed E-state index contributed by atoms with van der Waals surface area (Å²) in [6, 6.07) is 0. The first kappa shape index (κ1) is 9.81. The smallest absolute Gasteiger partial charge is 0.318 e. The predicted molar refractivity (Wildman–Crippen MR) is 40.2 cm³/mol. The van der Waals surface area contributed by atoms with Crippen molar-refractivity contribution in [2.75, 3.05) is 0 Å². The lowest BCUT2D eigenvalue weighted by molar-refractivity contribution is -0.140. The van der Waals surface area contributed by atoms with Gasteiger partial charge in [0.15, 0.2) is 5.78 Å². The van der Waals surface area contributed by atoms with E-state index in [4.69, 9.17) is 0 Å². The molecule has 0 heterocycles. The summed E-state index contributed by atoms with van der Waals surface area (Å²) in [5.41, 5.74) is 0.278. The van der Waals surface area contributed by atoms with Crippen LogP contribution in [0.3, 0.4) is 0 Å². The van der Waals surface area contributed by atoms with E-state index in [2.05, 4.69) is 9.99 Å². The van der Waals surface area contributed by atoms with Crippen LogP contribution in [-0.4, -0.2) is 17.5 Å². The van der Waals surface area contributed by atoms with Crippen molar-refractivity contribution < 1.29 is 14.4 Å². The van der Waals surface area contributed by atoms with E-state index >= 15 is 0 Å². The van der Waals surface area contributed by atoms with Gasteiger partial charge in [-0.3, -0.25) is 4.79 Å². The van der Waals surface area contributed by atoms with Gasteiger partial charge in [-0.25, -0.2) is 4.79 Å². The van der Waals surface area contributed by atoms with Crippen molar-refractivity contribution in [1.29, 1.82) is 0 Å². The third-order valence-electron chi connectivity index (χ3n) is 1.03. The van der Waals surface area contributed by atoms with Gasteiger partial charge in [0.1, 0.15) is 5.71 Å². The van der Waals surface area contributed by atoms with Gasteiger partial charge in [-0.1, -0.05) is 12.1 Å². The molecule has 0 saturated heterocycles. The van der Waals surface area contributed by atoms with Crippen molar-refractivity contribution >= 4 is 17.5 Å². The minimum absolute atomic E-state index is 0.172. The molecule has 62 valence electrons. The van der Waals surface area contributed by atoms with E-state index in [1.54, 1.807) is 6.92 Å².